The average Bonchev–Trinajstić information content (AvgIpc) is 3.21. The molecule has 3 aromatic rings. The number of para-hydroxylation sites is 1. The summed E-state index contributed by atoms with van der Waals surface area (Å²) in [5.74, 6) is 0.568. The first kappa shape index (κ1) is 13.5. The summed E-state index contributed by atoms with van der Waals surface area (Å²) in [6.45, 7) is 5.52. The van der Waals surface area contributed by atoms with E-state index in [1.165, 1.54) is 17.3 Å². The third-order valence-corrected chi connectivity index (χ3v) is 4.13. The normalized spacial score (nSPS) is 16.4. The number of fused-ring (bicyclic) bond motifs is 1. The van der Waals surface area contributed by atoms with Gasteiger partial charge in [-0.15, -0.1) is 10.2 Å². The van der Waals surface area contributed by atoms with Crippen molar-refractivity contribution in [3.8, 4) is 11.6 Å². The Labute approximate surface area is 128 Å². The van der Waals surface area contributed by atoms with E-state index in [1.54, 1.807) is 0 Å². The third kappa shape index (κ3) is 2.51. The fourth-order valence-corrected chi connectivity index (χ4v) is 2.98. The maximum Gasteiger partial charge on any atom is 0.264 e. The number of benzene rings is 1. The summed E-state index contributed by atoms with van der Waals surface area (Å²) in [5, 5.41) is 9.06. The quantitative estimate of drug-likeness (QED) is 0.737. The second-order valence-electron chi connectivity index (χ2n) is 5.44. The number of ether oxygens (including phenoxy) is 1. The molecule has 0 aliphatic carbocycles. The lowest BCUT2D eigenvalue weighted by Gasteiger charge is -2.27. The molecule has 1 saturated heterocycles. The maximum absolute atomic E-state index is 5.41. The second kappa shape index (κ2) is 5.90. The molecule has 1 fully saturated rings. The molecule has 0 amide bonds. The van der Waals surface area contributed by atoms with Gasteiger partial charge >= 0.3 is 0 Å². The highest BCUT2D eigenvalue weighted by Gasteiger charge is 2.16. The van der Waals surface area contributed by atoms with Gasteiger partial charge in [0.2, 0.25) is 6.39 Å². The minimum absolute atomic E-state index is 0.568. The lowest BCUT2D eigenvalue weighted by atomic mass is 10.2. The topological polar surface area (TPSA) is 56.3 Å². The minimum atomic E-state index is 0.568. The van der Waals surface area contributed by atoms with E-state index in [4.69, 9.17) is 9.15 Å². The predicted molar refractivity (Wildman–Crippen MR) is 82.5 cm³/mol. The first-order valence-electron chi connectivity index (χ1n) is 7.57. The molecule has 114 valence electrons. The summed E-state index contributed by atoms with van der Waals surface area (Å²) in [7, 11) is 0. The van der Waals surface area contributed by atoms with Crippen LogP contribution in [0.4, 0.5) is 0 Å². The molecular weight excluding hydrogens is 280 g/mol. The Morgan fingerprint density at radius 1 is 1.09 bits per heavy atom. The highest BCUT2D eigenvalue weighted by molar-refractivity contribution is 5.85. The number of nitrogens with zero attached hydrogens (tertiary/aromatic N) is 4. The van der Waals surface area contributed by atoms with Gasteiger partial charge in [-0.1, -0.05) is 18.2 Å². The molecule has 4 rings (SSSR count). The van der Waals surface area contributed by atoms with Crippen molar-refractivity contribution in [2.45, 2.75) is 6.54 Å². The van der Waals surface area contributed by atoms with Crippen molar-refractivity contribution in [1.82, 2.24) is 19.7 Å². The van der Waals surface area contributed by atoms with Crippen molar-refractivity contribution in [3.05, 3.63) is 36.7 Å². The molecule has 1 aliphatic heterocycles. The summed E-state index contributed by atoms with van der Waals surface area (Å²) in [4.78, 5) is 2.43. The Kier molecular flexibility index (Phi) is 3.62. The van der Waals surface area contributed by atoms with E-state index in [9.17, 15) is 0 Å². The SMILES string of the molecule is c1ccc2c(c1)cc(-c1nnco1)n2CCN1CCOCC1. The molecule has 3 heterocycles. The van der Waals surface area contributed by atoms with Crippen LogP contribution in [0.1, 0.15) is 0 Å². The van der Waals surface area contributed by atoms with E-state index in [0.29, 0.717) is 5.89 Å². The number of aromatic nitrogens is 3. The molecular formula is C16H18N4O2. The van der Waals surface area contributed by atoms with Crippen LogP contribution in [-0.4, -0.2) is 52.5 Å². The van der Waals surface area contributed by atoms with E-state index in [1.807, 2.05) is 6.07 Å². The molecule has 2 aromatic heterocycles. The van der Waals surface area contributed by atoms with Gasteiger partial charge in [-0.2, -0.15) is 0 Å². The average molecular weight is 298 g/mol. The number of hydrogen-bond acceptors (Lipinski definition) is 5. The summed E-state index contributed by atoms with van der Waals surface area (Å²) < 4.78 is 13.1. The van der Waals surface area contributed by atoms with Crippen LogP contribution in [0.25, 0.3) is 22.5 Å². The van der Waals surface area contributed by atoms with Crippen molar-refractivity contribution in [1.29, 1.82) is 0 Å². The van der Waals surface area contributed by atoms with Crippen LogP contribution < -0.4 is 0 Å². The van der Waals surface area contributed by atoms with Crippen molar-refractivity contribution < 1.29 is 9.15 Å². The molecule has 0 bridgehead atoms. The van der Waals surface area contributed by atoms with Gasteiger partial charge in [0, 0.05) is 37.1 Å². The van der Waals surface area contributed by atoms with Gasteiger partial charge in [-0.3, -0.25) is 4.90 Å². The highest BCUT2D eigenvalue weighted by Crippen LogP contribution is 2.26. The Morgan fingerprint density at radius 2 is 1.95 bits per heavy atom. The van der Waals surface area contributed by atoms with Crippen molar-refractivity contribution >= 4 is 10.9 Å². The minimum Gasteiger partial charge on any atom is -0.422 e. The monoisotopic (exact) mass is 298 g/mol. The van der Waals surface area contributed by atoms with E-state index in [-0.39, 0.29) is 0 Å². The van der Waals surface area contributed by atoms with E-state index in [0.717, 1.165) is 45.1 Å². The van der Waals surface area contributed by atoms with Crippen LogP contribution in [0, 0.1) is 0 Å². The third-order valence-electron chi connectivity index (χ3n) is 4.13. The van der Waals surface area contributed by atoms with Crippen LogP contribution in [0.2, 0.25) is 0 Å². The molecule has 1 aliphatic rings. The van der Waals surface area contributed by atoms with Gasteiger partial charge in [-0.05, 0) is 12.1 Å². The molecule has 22 heavy (non-hydrogen) atoms. The Hall–Kier alpha value is -2.18. The Balaban J connectivity index is 1.66. The van der Waals surface area contributed by atoms with Crippen molar-refractivity contribution in [2.75, 3.05) is 32.8 Å². The zero-order valence-corrected chi connectivity index (χ0v) is 12.3. The zero-order chi connectivity index (χ0) is 14.8. The largest absolute Gasteiger partial charge is 0.422 e. The smallest absolute Gasteiger partial charge is 0.264 e. The molecule has 0 spiro atoms. The van der Waals surface area contributed by atoms with E-state index >= 15 is 0 Å². The van der Waals surface area contributed by atoms with Crippen LogP contribution in [0.5, 0.6) is 0 Å². The predicted octanol–water partition coefficient (Wildman–Crippen LogP) is 2.02. The van der Waals surface area contributed by atoms with Crippen LogP contribution in [-0.2, 0) is 11.3 Å². The number of rotatable bonds is 4. The zero-order valence-electron chi connectivity index (χ0n) is 12.3. The van der Waals surface area contributed by atoms with Crippen LogP contribution >= 0.6 is 0 Å². The van der Waals surface area contributed by atoms with E-state index < -0.39 is 0 Å². The fourth-order valence-electron chi connectivity index (χ4n) is 2.98. The molecule has 6 nitrogen and oxygen atoms in total. The van der Waals surface area contributed by atoms with Crippen LogP contribution in [0.15, 0.2) is 41.1 Å². The molecule has 6 heteroatoms. The first-order chi connectivity index (χ1) is 10.9. The Bertz CT molecular complexity index is 745. The molecule has 0 N–H and O–H groups in total. The van der Waals surface area contributed by atoms with Gasteiger partial charge < -0.3 is 13.7 Å². The lowest BCUT2D eigenvalue weighted by molar-refractivity contribution is 0.0366. The molecule has 0 atom stereocenters. The van der Waals surface area contributed by atoms with Crippen molar-refractivity contribution in [2.24, 2.45) is 0 Å². The summed E-state index contributed by atoms with van der Waals surface area (Å²) in [5.41, 5.74) is 2.18. The standard InChI is InChI=1S/C16H18N4O2/c1-2-4-14-13(3-1)11-15(16-18-17-12-22-16)20(14)6-5-19-7-9-21-10-8-19/h1-4,11-12H,5-10H2. The number of hydrogen-bond donors (Lipinski definition) is 0. The maximum atomic E-state index is 5.41. The molecule has 1 aromatic carbocycles. The van der Waals surface area contributed by atoms with Gasteiger partial charge in [-0.25, -0.2) is 0 Å². The van der Waals surface area contributed by atoms with Gasteiger partial charge in [0.15, 0.2) is 0 Å². The summed E-state index contributed by atoms with van der Waals surface area (Å²) in [6.07, 6.45) is 1.37. The van der Waals surface area contributed by atoms with Crippen molar-refractivity contribution in [3.63, 3.8) is 0 Å². The van der Waals surface area contributed by atoms with E-state index in [2.05, 4.69) is 43.9 Å². The summed E-state index contributed by atoms with van der Waals surface area (Å²) >= 11 is 0. The molecule has 0 saturated carbocycles. The van der Waals surface area contributed by atoms with Gasteiger partial charge in [0.05, 0.1) is 13.2 Å². The molecule has 0 unspecified atom stereocenters. The summed E-state index contributed by atoms with van der Waals surface area (Å²) in [6, 6.07) is 10.5. The fraction of sp³-hybridized carbons (Fsp3) is 0.375. The highest BCUT2D eigenvalue weighted by atomic mass is 16.5. The molecule has 0 radical (unpaired) electrons. The van der Waals surface area contributed by atoms with Gasteiger partial charge in [0.1, 0.15) is 5.69 Å². The van der Waals surface area contributed by atoms with Gasteiger partial charge in [0.25, 0.3) is 5.89 Å². The first-order valence-corrected chi connectivity index (χ1v) is 7.57. The van der Waals surface area contributed by atoms with Crippen LogP contribution in [0.3, 0.4) is 0 Å². The Morgan fingerprint density at radius 3 is 2.77 bits per heavy atom. The number of morpholine rings is 1. The lowest BCUT2D eigenvalue weighted by Crippen LogP contribution is -2.38. The second-order valence-corrected chi connectivity index (χ2v) is 5.44.